The number of amides is 1. The average Bonchev–Trinajstić information content (AvgIpc) is 3.22. The molecule has 2 aliphatic heterocycles. The molecule has 2 fully saturated rings. The van der Waals surface area contributed by atoms with Crippen molar-refractivity contribution < 1.29 is 31.5 Å². The van der Waals surface area contributed by atoms with E-state index in [1.165, 1.54) is 6.20 Å². The third-order valence-corrected chi connectivity index (χ3v) is 6.39. The highest BCUT2D eigenvalue weighted by atomic mass is 19.4. The molecule has 0 radical (unpaired) electrons. The lowest BCUT2D eigenvalue weighted by molar-refractivity contribution is -0.139. The van der Waals surface area contributed by atoms with Crippen LogP contribution in [0.3, 0.4) is 0 Å². The molecule has 4 heterocycles. The molecule has 2 aromatic rings. The van der Waals surface area contributed by atoms with Crippen molar-refractivity contribution >= 4 is 17.4 Å². The van der Waals surface area contributed by atoms with E-state index in [1.807, 2.05) is 4.90 Å². The summed E-state index contributed by atoms with van der Waals surface area (Å²) >= 11 is 0. The first-order valence-corrected chi connectivity index (χ1v) is 11.7. The van der Waals surface area contributed by atoms with Crippen molar-refractivity contribution in [2.75, 3.05) is 36.5 Å². The van der Waals surface area contributed by atoms with Crippen LogP contribution in [0.5, 0.6) is 0 Å². The van der Waals surface area contributed by atoms with Crippen LogP contribution in [0.15, 0.2) is 23.4 Å². The predicted octanol–water partition coefficient (Wildman–Crippen LogP) is 2.60. The minimum atomic E-state index is -4.86. The molecular weight excluding hydrogens is 505 g/mol. The van der Waals surface area contributed by atoms with Crippen molar-refractivity contribution in [3.63, 3.8) is 0 Å². The Labute approximate surface area is 208 Å². The van der Waals surface area contributed by atoms with Crippen molar-refractivity contribution in [2.24, 2.45) is 0 Å². The second kappa shape index (κ2) is 10.9. The molecule has 0 aliphatic carbocycles. The van der Waals surface area contributed by atoms with Crippen LogP contribution >= 0.6 is 0 Å². The van der Waals surface area contributed by atoms with Crippen LogP contribution in [0.1, 0.15) is 43.9 Å². The van der Waals surface area contributed by atoms with Gasteiger partial charge < -0.3 is 19.9 Å². The summed E-state index contributed by atoms with van der Waals surface area (Å²) in [6, 6.07) is -0.648. The van der Waals surface area contributed by atoms with E-state index in [1.54, 1.807) is 16.9 Å². The van der Waals surface area contributed by atoms with Crippen molar-refractivity contribution in [3.05, 3.63) is 40.2 Å². The molecule has 0 unspecified atom stereocenters. The molecule has 0 bridgehead atoms. The Morgan fingerprint density at radius 1 is 1.11 bits per heavy atom. The molecule has 0 aromatic carbocycles. The Kier molecular flexibility index (Phi) is 7.90. The number of piperidine rings is 1. The molecular formula is C22H26F5N7O3. The fourth-order valence-corrected chi connectivity index (χ4v) is 4.56. The third-order valence-electron chi connectivity index (χ3n) is 6.39. The minimum Gasteiger partial charge on any atom is -0.378 e. The maximum atomic E-state index is 13.2. The Hall–Kier alpha value is -3.36. The normalized spacial score (nSPS) is 20.1. The van der Waals surface area contributed by atoms with Crippen LogP contribution < -0.4 is 15.8 Å². The SMILES string of the molecule is C[C@@H](CO[C@H]1CCN(C2CCN(c3cnc(C(F)F)cn3)CC2)C1=O)Nc1cn[nH]c(=O)c1C(F)(F)F. The molecule has 15 heteroatoms. The number of halogens is 5. The average molecular weight is 531 g/mol. The molecule has 2 N–H and O–H groups in total. The number of hydrogen-bond donors (Lipinski definition) is 2. The second-order valence-corrected chi connectivity index (χ2v) is 8.99. The molecule has 2 saturated heterocycles. The highest BCUT2D eigenvalue weighted by molar-refractivity contribution is 5.83. The largest absolute Gasteiger partial charge is 0.423 e. The van der Waals surface area contributed by atoms with Gasteiger partial charge >= 0.3 is 6.18 Å². The number of nitrogens with one attached hydrogen (secondary N) is 2. The van der Waals surface area contributed by atoms with Gasteiger partial charge in [-0.3, -0.25) is 9.59 Å². The second-order valence-electron chi connectivity index (χ2n) is 8.99. The zero-order chi connectivity index (χ0) is 26.7. The third kappa shape index (κ3) is 6.14. The Bertz CT molecular complexity index is 1140. The van der Waals surface area contributed by atoms with Gasteiger partial charge in [-0.1, -0.05) is 0 Å². The lowest BCUT2D eigenvalue weighted by Gasteiger charge is -2.37. The van der Waals surface area contributed by atoms with E-state index < -0.39 is 41.6 Å². The molecule has 1 amide bonds. The highest BCUT2D eigenvalue weighted by Crippen LogP contribution is 2.32. The van der Waals surface area contributed by atoms with Crippen LogP contribution in [-0.2, 0) is 15.7 Å². The van der Waals surface area contributed by atoms with E-state index in [-0.39, 0.29) is 24.2 Å². The molecule has 2 aliphatic rings. The predicted molar refractivity (Wildman–Crippen MR) is 121 cm³/mol. The quantitative estimate of drug-likeness (QED) is 0.500. The van der Waals surface area contributed by atoms with E-state index in [4.69, 9.17) is 4.74 Å². The maximum Gasteiger partial charge on any atom is 0.423 e. The van der Waals surface area contributed by atoms with Gasteiger partial charge in [0.05, 0.1) is 30.9 Å². The Balaban J connectivity index is 1.27. The zero-order valence-electron chi connectivity index (χ0n) is 19.8. The number of aromatic nitrogens is 4. The molecule has 0 saturated carbocycles. The van der Waals surface area contributed by atoms with Gasteiger partial charge in [0.1, 0.15) is 23.2 Å². The number of hydrogen-bond acceptors (Lipinski definition) is 8. The number of anilines is 2. The lowest BCUT2D eigenvalue weighted by atomic mass is 10.0. The Morgan fingerprint density at radius 3 is 2.46 bits per heavy atom. The number of carbonyl (C=O) groups excluding carboxylic acids is 1. The number of nitrogens with zero attached hydrogens (tertiary/aromatic N) is 5. The number of alkyl halides is 5. The number of rotatable bonds is 8. The van der Waals surface area contributed by atoms with Gasteiger partial charge in [-0.15, -0.1) is 0 Å². The van der Waals surface area contributed by atoms with Gasteiger partial charge in [0.15, 0.2) is 0 Å². The number of ether oxygens (including phenoxy) is 1. The Morgan fingerprint density at radius 2 is 1.84 bits per heavy atom. The van der Waals surface area contributed by atoms with Crippen molar-refractivity contribution in [3.8, 4) is 0 Å². The van der Waals surface area contributed by atoms with Gasteiger partial charge in [0, 0.05) is 38.1 Å². The summed E-state index contributed by atoms with van der Waals surface area (Å²) in [4.78, 5) is 36.0. The smallest absolute Gasteiger partial charge is 0.378 e. The number of H-pyrrole nitrogens is 1. The first-order chi connectivity index (χ1) is 17.5. The van der Waals surface area contributed by atoms with Gasteiger partial charge in [-0.05, 0) is 19.8 Å². The van der Waals surface area contributed by atoms with Gasteiger partial charge in [0.25, 0.3) is 17.9 Å². The van der Waals surface area contributed by atoms with Gasteiger partial charge in [0.2, 0.25) is 0 Å². The molecule has 2 atom stereocenters. The summed E-state index contributed by atoms with van der Waals surface area (Å²) < 4.78 is 70.7. The van der Waals surface area contributed by atoms with Crippen molar-refractivity contribution in [1.29, 1.82) is 0 Å². The van der Waals surface area contributed by atoms with E-state index in [9.17, 15) is 31.5 Å². The van der Waals surface area contributed by atoms with Crippen molar-refractivity contribution in [1.82, 2.24) is 25.1 Å². The molecule has 4 rings (SSSR count). The lowest BCUT2D eigenvalue weighted by Crippen LogP contribution is -2.47. The summed E-state index contributed by atoms with van der Waals surface area (Å²) in [6.07, 6.45) is -3.23. The maximum absolute atomic E-state index is 13.2. The summed E-state index contributed by atoms with van der Waals surface area (Å²) in [5, 5.41) is 7.78. The summed E-state index contributed by atoms with van der Waals surface area (Å²) in [7, 11) is 0. The van der Waals surface area contributed by atoms with E-state index in [2.05, 4.69) is 20.4 Å². The van der Waals surface area contributed by atoms with Crippen LogP contribution in [0, 0.1) is 0 Å². The fraction of sp³-hybridized carbons (Fsp3) is 0.591. The molecule has 2 aromatic heterocycles. The first kappa shape index (κ1) is 26.7. The summed E-state index contributed by atoms with van der Waals surface area (Å²) in [5.74, 6) is 0.322. The molecule has 37 heavy (non-hydrogen) atoms. The van der Waals surface area contributed by atoms with E-state index in [0.717, 1.165) is 12.4 Å². The van der Waals surface area contributed by atoms with E-state index >= 15 is 0 Å². The minimum absolute atomic E-state index is 0.0161. The standard InChI is InChI=1S/C22H26F5N7O3/c1-12(31-14-9-30-32-20(35)18(14)22(25,26)27)11-37-16-4-7-34(21(16)36)13-2-5-33(6-3-13)17-10-28-15(8-29-17)19(23)24/h8-10,12-13,16,19H,2-7,11H2,1H3,(H2,31,32,35)/t12-,16-/m0/s1. The molecule has 202 valence electrons. The van der Waals surface area contributed by atoms with Crippen LogP contribution in [0.4, 0.5) is 33.5 Å². The summed E-state index contributed by atoms with van der Waals surface area (Å²) in [5.41, 5.74) is -3.57. The van der Waals surface area contributed by atoms with Gasteiger partial charge in [-0.2, -0.15) is 18.3 Å². The van der Waals surface area contributed by atoms with Crippen molar-refractivity contribution in [2.45, 2.75) is 57.0 Å². The fourth-order valence-electron chi connectivity index (χ4n) is 4.56. The number of aromatic amines is 1. The van der Waals surface area contributed by atoms with Crippen LogP contribution in [-0.4, -0.2) is 75.4 Å². The molecule has 10 nitrogen and oxygen atoms in total. The summed E-state index contributed by atoms with van der Waals surface area (Å²) in [6.45, 7) is 3.17. The van der Waals surface area contributed by atoms with Crippen LogP contribution in [0.2, 0.25) is 0 Å². The number of likely N-dealkylation sites (tertiary alicyclic amines) is 1. The van der Waals surface area contributed by atoms with Crippen LogP contribution in [0.25, 0.3) is 0 Å². The monoisotopic (exact) mass is 531 g/mol. The first-order valence-electron chi connectivity index (χ1n) is 11.7. The number of carbonyl (C=O) groups is 1. The molecule has 0 spiro atoms. The van der Waals surface area contributed by atoms with Gasteiger partial charge in [-0.25, -0.2) is 23.8 Å². The van der Waals surface area contributed by atoms with E-state index in [0.29, 0.717) is 44.7 Å². The topological polar surface area (TPSA) is 116 Å². The highest BCUT2D eigenvalue weighted by Gasteiger charge is 2.39. The zero-order valence-corrected chi connectivity index (χ0v) is 19.8.